The fourth-order valence-electron chi connectivity index (χ4n) is 2.24. The van der Waals surface area contributed by atoms with Crippen LogP contribution in [0.15, 0.2) is 33.6 Å². The Hall–Kier alpha value is -0.860. The molecular formula is C12H12BrNO2S. The van der Waals surface area contributed by atoms with Gasteiger partial charge in [-0.1, -0.05) is 22.4 Å². The van der Waals surface area contributed by atoms with Gasteiger partial charge in [0.05, 0.1) is 22.1 Å². The van der Waals surface area contributed by atoms with Crippen molar-refractivity contribution in [2.45, 2.75) is 29.4 Å². The second-order valence-corrected chi connectivity index (χ2v) is 7.29. The molecule has 0 aromatic heterocycles. The van der Waals surface area contributed by atoms with E-state index in [4.69, 9.17) is 5.26 Å². The first-order valence-corrected chi connectivity index (χ1v) is 7.78. The summed E-state index contributed by atoms with van der Waals surface area (Å²) in [6, 6.07) is 8.71. The fraction of sp³-hybridized carbons (Fsp3) is 0.417. The number of hydrogen-bond donors (Lipinski definition) is 0. The first-order chi connectivity index (χ1) is 8.05. The van der Waals surface area contributed by atoms with Crippen molar-refractivity contribution in [1.29, 1.82) is 5.26 Å². The molecule has 90 valence electrons. The standard InChI is InChI=1S/C12H12BrNO2S/c13-10-4-6-11(7-5-10)17(15,16)12-3-1-2-9(12)8-14/h4-7,9,12H,1-3H2. The molecule has 3 nitrogen and oxygen atoms in total. The van der Waals surface area contributed by atoms with E-state index in [1.165, 1.54) is 0 Å². The van der Waals surface area contributed by atoms with Gasteiger partial charge in [0.1, 0.15) is 0 Å². The molecule has 0 N–H and O–H groups in total. The van der Waals surface area contributed by atoms with Crippen LogP contribution in [0.1, 0.15) is 19.3 Å². The summed E-state index contributed by atoms with van der Waals surface area (Å²) < 4.78 is 25.5. The van der Waals surface area contributed by atoms with Gasteiger partial charge in [-0.05, 0) is 37.1 Å². The predicted octanol–water partition coefficient (Wildman–Crippen LogP) is 2.92. The van der Waals surface area contributed by atoms with Gasteiger partial charge in [-0.15, -0.1) is 0 Å². The van der Waals surface area contributed by atoms with Crippen LogP contribution in [0.3, 0.4) is 0 Å². The van der Waals surface area contributed by atoms with E-state index in [2.05, 4.69) is 22.0 Å². The van der Waals surface area contributed by atoms with E-state index in [9.17, 15) is 8.42 Å². The number of hydrogen-bond acceptors (Lipinski definition) is 3. The number of sulfone groups is 1. The zero-order valence-electron chi connectivity index (χ0n) is 9.14. The van der Waals surface area contributed by atoms with Crippen LogP contribution < -0.4 is 0 Å². The van der Waals surface area contributed by atoms with Crippen LogP contribution in [0.4, 0.5) is 0 Å². The molecule has 1 aromatic carbocycles. The highest BCUT2D eigenvalue weighted by molar-refractivity contribution is 9.10. The minimum Gasteiger partial charge on any atom is -0.223 e. The largest absolute Gasteiger partial charge is 0.223 e. The van der Waals surface area contributed by atoms with Crippen molar-refractivity contribution in [3.63, 3.8) is 0 Å². The van der Waals surface area contributed by atoms with Crippen LogP contribution in [0.25, 0.3) is 0 Å². The topological polar surface area (TPSA) is 57.9 Å². The van der Waals surface area contributed by atoms with Gasteiger partial charge in [0.25, 0.3) is 0 Å². The SMILES string of the molecule is N#CC1CCCC1S(=O)(=O)c1ccc(Br)cc1. The molecule has 0 bridgehead atoms. The first-order valence-electron chi connectivity index (χ1n) is 5.45. The Morgan fingerprint density at radius 3 is 2.47 bits per heavy atom. The van der Waals surface area contributed by atoms with Crippen LogP contribution in [0, 0.1) is 17.2 Å². The van der Waals surface area contributed by atoms with Gasteiger partial charge in [-0.25, -0.2) is 8.42 Å². The Bertz CT molecular complexity index is 545. The Morgan fingerprint density at radius 2 is 1.88 bits per heavy atom. The molecule has 2 unspecified atom stereocenters. The lowest BCUT2D eigenvalue weighted by Gasteiger charge is -2.14. The molecule has 0 radical (unpaired) electrons. The highest BCUT2D eigenvalue weighted by Crippen LogP contribution is 2.34. The molecule has 1 aliphatic carbocycles. The Balaban J connectivity index is 2.37. The maximum atomic E-state index is 12.3. The Labute approximate surface area is 110 Å². The zero-order valence-corrected chi connectivity index (χ0v) is 11.5. The molecule has 0 amide bonds. The third-order valence-corrected chi connectivity index (χ3v) is 5.98. The molecule has 0 aliphatic heterocycles. The normalized spacial score (nSPS) is 24.5. The maximum Gasteiger partial charge on any atom is 0.182 e. The van der Waals surface area contributed by atoms with Crippen molar-refractivity contribution >= 4 is 25.8 Å². The minimum atomic E-state index is -3.36. The van der Waals surface area contributed by atoms with Crippen molar-refractivity contribution in [1.82, 2.24) is 0 Å². The molecule has 0 saturated heterocycles. The second kappa shape index (κ2) is 4.79. The number of benzene rings is 1. The van der Waals surface area contributed by atoms with Crippen LogP contribution in [-0.2, 0) is 9.84 Å². The lowest BCUT2D eigenvalue weighted by molar-refractivity contribution is 0.565. The van der Waals surface area contributed by atoms with E-state index in [1.807, 2.05) is 0 Å². The molecular weight excluding hydrogens is 302 g/mol. The monoisotopic (exact) mass is 313 g/mol. The van der Waals surface area contributed by atoms with Gasteiger partial charge >= 0.3 is 0 Å². The van der Waals surface area contributed by atoms with E-state index in [0.29, 0.717) is 17.7 Å². The van der Waals surface area contributed by atoms with Gasteiger partial charge in [-0.3, -0.25) is 0 Å². The average molecular weight is 314 g/mol. The van der Waals surface area contributed by atoms with Crippen molar-refractivity contribution in [3.05, 3.63) is 28.7 Å². The molecule has 1 saturated carbocycles. The van der Waals surface area contributed by atoms with Crippen molar-refractivity contribution in [2.24, 2.45) is 5.92 Å². The van der Waals surface area contributed by atoms with Gasteiger partial charge < -0.3 is 0 Å². The van der Waals surface area contributed by atoms with Gasteiger partial charge in [0, 0.05) is 4.47 Å². The maximum absolute atomic E-state index is 12.3. The smallest absolute Gasteiger partial charge is 0.182 e. The van der Waals surface area contributed by atoms with Gasteiger partial charge in [0.15, 0.2) is 9.84 Å². The number of nitrogens with zero attached hydrogens (tertiary/aromatic N) is 1. The van der Waals surface area contributed by atoms with Crippen LogP contribution >= 0.6 is 15.9 Å². The molecule has 0 spiro atoms. The third kappa shape index (κ3) is 2.38. The molecule has 1 aromatic rings. The van der Waals surface area contributed by atoms with E-state index in [0.717, 1.165) is 10.9 Å². The summed E-state index contributed by atoms with van der Waals surface area (Å²) in [6.07, 6.45) is 2.10. The second-order valence-electron chi connectivity index (χ2n) is 4.20. The van der Waals surface area contributed by atoms with Gasteiger partial charge in [0.2, 0.25) is 0 Å². The molecule has 2 atom stereocenters. The number of halogens is 1. The van der Waals surface area contributed by atoms with E-state index in [-0.39, 0.29) is 5.92 Å². The van der Waals surface area contributed by atoms with Crippen molar-refractivity contribution < 1.29 is 8.42 Å². The molecule has 0 heterocycles. The van der Waals surface area contributed by atoms with Gasteiger partial charge in [-0.2, -0.15) is 5.26 Å². The summed E-state index contributed by atoms with van der Waals surface area (Å²) in [5.74, 6) is -0.358. The predicted molar refractivity (Wildman–Crippen MR) is 68.1 cm³/mol. The minimum absolute atomic E-state index is 0.313. The molecule has 1 fully saturated rings. The average Bonchev–Trinajstić information content (AvgIpc) is 2.78. The number of rotatable bonds is 2. The zero-order chi connectivity index (χ0) is 12.5. The van der Waals surface area contributed by atoms with E-state index in [1.54, 1.807) is 24.3 Å². The summed E-state index contributed by atoms with van der Waals surface area (Å²) in [5.41, 5.74) is 0. The molecule has 1 aliphatic rings. The molecule has 17 heavy (non-hydrogen) atoms. The highest BCUT2D eigenvalue weighted by atomic mass is 79.9. The lowest BCUT2D eigenvalue weighted by atomic mass is 10.1. The quantitative estimate of drug-likeness (QED) is 0.843. The summed E-state index contributed by atoms with van der Waals surface area (Å²) in [6.45, 7) is 0. The van der Waals surface area contributed by atoms with Crippen LogP contribution in [0.2, 0.25) is 0 Å². The Morgan fingerprint density at radius 1 is 1.24 bits per heavy atom. The lowest BCUT2D eigenvalue weighted by Crippen LogP contribution is -2.24. The van der Waals surface area contributed by atoms with Crippen molar-refractivity contribution in [2.75, 3.05) is 0 Å². The number of nitriles is 1. The summed E-state index contributed by atoms with van der Waals surface area (Å²) in [4.78, 5) is 0.313. The van der Waals surface area contributed by atoms with Crippen LogP contribution in [0.5, 0.6) is 0 Å². The third-order valence-electron chi connectivity index (χ3n) is 3.16. The molecule has 5 heteroatoms. The molecule has 2 rings (SSSR count). The summed E-state index contributed by atoms with van der Waals surface area (Å²) in [7, 11) is -3.36. The van der Waals surface area contributed by atoms with E-state index >= 15 is 0 Å². The summed E-state index contributed by atoms with van der Waals surface area (Å²) >= 11 is 3.27. The van der Waals surface area contributed by atoms with E-state index < -0.39 is 15.1 Å². The summed E-state index contributed by atoms with van der Waals surface area (Å²) in [5, 5.41) is 8.44. The highest BCUT2D eigenvalue weighted by Gasteiger charge is 2.38. The Kier molecular flexibility index (Phi) is 3.55. The first kappa shape index (κ1) is 12.6. The fourth-order valence-corrected chi connectivity index (χ4v) is 4.48. The van der Waals surface area contributed by atoms with Crippen LogP contribution in [-0.4, -0.2) is 13.7 Å². The van der Waals surface area contributed by atoms with Crippen molar-refractivity contribution in [3.8, 4) is 6.07 Å².